The van der Waals surface area contributed by atoms with Gasteiger partial charge in [0.05, 0.1) is 10.6 Å². The molecule has 1 N–H and O–H groups in total. The zero-order valence-electron chi connectivity index (χ0n) is 14.3. The average molecular weight is 357 g/mol. The summed E-state index contributed by atoms with van der Waals surface area (Å²) in [5.41, 5.74) is 7.73. The van der Waals surface area contributed by atoms with Gasteiger partial charge in [0.15, 0.2) is 5.17 Å². The minimum absolute atomic E-state index is 0.0151. The van der Waals surface area contributed by atoms with Crippen LogP contribution in [0.15, 0.2) is 40.4 Å². The van der Waals surface area contributed by atoms with Gasteiger partial charge in [-0.15, -0.1) is 0 Å². The van der Waals surface area contributed by atoms with Crippen molar-refractivity contribution in [3.63, 3.8) is 0 Å². The number of thioether (sulfide) groups is 1. The number of nitro groups is 1. The van der Waals surface area contributed by atoms with Gasteiger partial charge in [-0.2, -0.15) is 5.10 Å². The number of nitrogens with zero attached hydrogens (tertiary/aromatic N) is 4. The Hall–Kier alpha value is -2.61. The summed E-state index contributed by atoms with van der Waals surface area (Å²) >= 11 is 1.49. The SMILES string of the molecule is CCn1c(C)cc(C2=NNC(=Nc3ccccc3[N+](=O)[O-])SC2)c1C. The first kappa shape index (κ1) is 17.2. The summed E-state index contributed by atoms with van der Waals surface area (Å²) in [6, 6.07) is 8.57. The van der Waals surface area contributed by atoms with Gasteiger partial charge in [-0.05, 0) is 32.9 Å². The maximum atomic E-state index is 11.1. The van der Waals surface area contributed by atoms with E-state index in [9.17, 15) is 10.1 Å². The zero-order chi connectivity index (χ0) is 18.0. The van der Waals surface area contributed by atoms with E-state index in [1.807, 2.05) is 0 Å². The molecule has 2 heterocycles. The van der Waals surface area contributed by atoms with Gasteiger partial charge in [-0.25, -0.2) is 4.99 Å². The molecule has 0 atom stereocenters. The number of hydrogen-bond acceptors (Lipinski definition) is 5. The maximum absolute atomic E-state index is 11.1. The number of rotatable bonds is 4. The molecule has 0 fully saturated rings. The third kappa shape index (κ3) is 3.43. The van der Waals surface area contributed by atoms with Crippen LogP contribution in [-0.2, 0) is 6.54 Å². The Bertz CT molecular complexity index is 885. The quantitative estimate of drug-likeness (QED) is 0.667. The van der Waals surface area contributed by atoms with Crippen molar-refractivity contribution in [3.05, 3.63) is 57.4 Å². The Labute approximate surface area is 150 Å². The third-order valence-corrected chi connectivity index (χ3v) is 5.01. The Balaban J connectivity index is 1.85. The van der Waals surface area contributed by atoms with Crippen LogP contribution in [0.5, 0.6) is 0 Å². The number of para-hydroxylation sites is 2. The zero-order valence-corrected chi connectivity index (χ0v) is 15.1. The molecule has 1 aliphatic rings. The molecule has 0 saturated carbocycles. The minimum atomic E-state index is -0.429. The molecular weight excluding hydrogens is 338 g/mol. The molecule has 25 heavy (non-hydrogen) atoms. The number of hydrazone groups is 1. The first-order valence-electron chi connectivity index (χ1n) is 7.95. The third-order valence-electron chi connectivity index (χ3n) is 4.13. The van der Waals surface area contributed by atoms with E-state index in [0.717, 1.165) is 17.8 Å². The van der Waals surface area contributed by atoms with Crippen molar-refractivity contribution in [2.45, 2.75) is 27.3 Å². The van der Waals surface area contributed by atoms with Gasteiger partial charge >= 0.3 is 0 Å². The molecule has 130 valence electrons. The second-order valence-electron chi connectivity index (χ2n) is 5.65. The summed E-state index contributed by atoms with van der Waals surface area (Å²) in [7, 11) is 0. The van der Waals surface area contributed by atoms with Gasteiger partial charge in [0.2, 0.25) is 0 Å². The molecule has 0 spiro atoms. The molecule has 0 bridgehead atoms. The van der Waals surface area contributed by atoms with Gasteiger partial charge in [-0.1, -0.05) is 23.9 Å². The molecule has 1 aliphatic heterocycles. The van der Waals surface area contributed by atoms with E-state index in [-0.39, 0.29) is 5.69 Å². The predicted molar refractivity (Wildman–Crippen MR) is 102 cm³/mol. The van der Waals surface area contributed by atoms with Crippen LogP contribution in [0.3, 0.4) is 0 Å². The number of nitro benzene ring substituents is 1. The van der Waals surface area contributed by atoms with Crippen molar-refractivity contribution in [1.29, 1.82) is 0 Å². The molecular formula is C17H19N5O2S. The normalized spacial score (nSPS) is 15.8. The van der Waals surface area contributed by atoms with E-state index in [1.54, 1.807) is 18.2 Å². The fraction of sp³-hybridized carbons (Fsp3) is 0.294. The van der Waals surface area contributed by atoms with E-state index in [2.05, 4.69) is 46.9 Å². The summed E-state index contributed by atoms with van der Waals surface area (Å²) in [5, 5.41) is 16.1. The number of aliphatic imine (C=N–C) groups is 1. The maximum Gasteiger partial charge on any atom is 0.294 e. The van der Waals surface area contributed by atoms with Crippen LogP contribution in [-0.4, -0.2) is 26.1 Å². The molecule has 0 radical (unpaired) electrons. The van der Waals surface area contributed by atoms with Gasteiger partial charge in [-0.3, -0.25) is 15.5 Å². The topological polar surface area (TPSA) is 84.8 Å². The smallest absolute Gasteiger partial charge is 0.294 e. The van der Waals surface area contributed by atoms with Crippen LogP contribution in [0.1, 0.15) is 23.9 Å². The highest BCUT2D eigenvalue weighted by atomic mass is 32.2. The molecule has 1 aromatic carbocycles. The summed E-state index contributed by atoms with van der Waals surface area (Å²) in [6.07, 6.45) is 0. The highest BCUT2D eigenvalue weighted by molar-refractivity contribution is 8.14. The molecule has 8 heteroatoms. The Morgan fingerprint density at radius 3 is 2.76 bits per heavy atom. The number of benzene rings is 1. The lowest BCUT2D eigenvalue weighted by atomic mass is 10.1. The molecule has 0 aliphatic carbocycles. The van der Waals surface area contributed by atoms with Crippen molar-refractivity contribution < 1.29 is 4.92 Å². The van der Waals surface area contributed by atoms with Crippen LogP contribution in [0.2, 0.25) is 0 Å². The summed E-state index contributed by atoms with van der Waals surface area (Å²) in [5.74, 6) is 0.667. The Morgan fingerprint density at radius 2 is 2.16 bits per heavy atom. The first-order valence-corrected chi connectivity index (χ1v) is 8.94. The highest BCUT2D eigenvalue weighted by Gasteiger charge is 2.19. The standard InChI is InChI=1S/C17H19N5O2S/c1-4-21-11(2)9-13(12(21)3)15-10-25-17(20-19-15)18-14-7-5-6-8-16(14)22(23)24/h5-9H,4,10H2,1-3H3,(H,18,20). The Morgan fingerprint density at radius 1 is 1.40 bits per heavy atom. The number of aromatic nitrogens is 1. The number of nitrogens with one attached hydrogen (secondary N) is 1. The summed E-state index contributed by atoms with van der Waals surface area (Å²) < 4.78 is 2.25. The largest absolute Gasteiger partial charge is 0.349 e. The van der Waals surface area contributed by atoms with Crippen LogP contribution < -0.4 is 5.43 Å². The summed E-state index contributed by atoms with van der Waals surface area (Å²) in [6.45, 7) is 7.23. The lowest BCUT2D eigenvalue weighted by Gasteiger charge is -2.15. The number of aryl methyl sites for hydroxylation is 1. The van der Waals surface area contributed by atoms with Crippen LogP contribution >= 0.6 is 11.8 Å². The fourth-order valence-electron chi connectivity index (χ4n) is 2.91. The van der Waals surface area contributed by atoms with Crippen molar-refractivity contribution in [2.75, 3.05) is 5.75 Å². The van der Waals surface area contributed by atoms with E-state index in [0.29, 0.717) is 16.6 Å². The summed E-state index contributed by atoms with van der Waals surface area (Å²) in [4.78, 5) is 15.0. The number of amidine groups is 1. The van der Waals surface area contributed by atoms with E-state index < -0.39 is 4.92 Å². The van der Waals surface area contributed by atoms with Gasteiger partial charge in [0, 0.05) is 35.3 Å². The molecule has 0 unspecified atom stereocenters. The van der Waals surface area contributed by atoms with Crippen LogP contribution in [0, 0.1) is 24.0 Å². The van der Waals surface area contributed by atoms with E-state index in [4.69, 9.17) is 0 Å². The lowest BCUT2D eigenvalue weighted by Crippen LogP contribution is -2.25. The monoisotopic (exact) mass is 357 g/mol. The van der Waals surface area contributed by atoms with Crippen molar-refractivity contribution >= 4 is 34.0 Å². The number of hydrogen-bond donors (Lipinski definition) is 1. The average Bonchev–Trinajstić information content (AvgIpc) is 2.89. The van der Waals surface area contributed by atoms with Crippen LogP contribution in [0.25, 0.3) is 0 Å². The molecule has 7 nitrogen and oxygen atoms in total. The lowest BCUT2D eigenvalue weighted by molar-refractivity contribution is -0.384. The van der Waals surface area contributed by atoms with Gasteiger partial charge in [0.25, 0.3) is 5.69 Å². The van der Waals surface area contributed by atoms with Crippen molar-refractivity contribution in [3.8, 4) is 0 Å². The molecule has 0 saturated heterocycles. The van der Waals surface area contributed by atoms with Crippen LogP contribution in [0.4, 0.5) is 11.4 Å². The predicted octanol–water partition coefficient (Wildman–Crippen LogP) is 3.76. The molecule has 1 aromatic heterocycles. The van der Waals surface area contributed by atoms with Gasteiger partial charge in [0.1, 0.15) is 5.69 Å². The molecule has 3 rings (SSSR count). The second kappa shape index (κ2) is 7.10. The fourth-order valence-corrected chi connectivity index (χ4v) is 3.68. The van der Waals surface area contributed by atoms with Crippen molar-refractivity contribution in [2.24, 2.45) is 10.1 Å². The van der Waals surface area contributed by atoms with E-state index >= 15 is 0 Å². The molecule has 2 aromatic rings. The van der Waals surface area contributed by atoms with Crippen molar-refractivity contribution in [1.82, 2.24) is 9.99 Å². The minimum Gasteiger partial charge on any atom is -0.349 e. The Kier molecular flexibility index (Phi) is 4.89. The van der Waals surface area contributed by atoms with Gasteiger partial charge < -0.3 is 4.57 Å². The van der Waals surface area contributed by atoms with E-state index in [1.165, 1.54) is 29.2 Å². The highest BCUT2D eigenvalue weighted by Crippen LogP contribution is 2.28. The second-order valence-corrected chi connectivity index (χ2v) is 6.61. The molecule has 0 amide bonds. The first-order chi connectivity index (χ1) is 12.0.